The van der Waals surface area contributed by atoms with E-state index in [9.17, 15) is 72.0 Å². The molecule has 0 aromatic heterocycles. The number of aliphatic hydroxyl groups is 4. The average molecular weight is 2140 g/mol. The number of aryl methyl sites for hydroxylation is 7. The van der Waals surface area contributed by atoms with E-state index in [0.29, 0.717) is 94.6 Å². The minimum atomic E-state index is -4.71. The minimum absolute atomic E-state index is 0.0135. The number of ketones is 4. The molecule has 0 saturated heterocycles. The lowest BCUT2D eigenvalue weighted by atomic mass is 10.0. The van der Waals surface area contributed by atoms with Crippen molar-refractivity contribution in [3.05, 3.63) is 393 Å². The number of anilines is 8. The number of hydrogen-bond donors (Lipinski definition) is 16. The lowest BCUT2D eigenvalue weighted by Gasteiger charge is -2.16. The summed E-state index contributed by atoms with van der Waals surface area (Å²) >= 11 is 49.8. The molecule has 0 unspecified atom stereocenters. The fourth-order valence-corrected chi connectivity index (χ4v) is 15.2. The van der Waals surface area contributed by atoms with E-state index in [-0.39, 0.29) is 137 Å². The summed E-state index contributed by atoms with van der Waals surface area (Å²) in [6, 6.07) is 58.6. The zero-order valence-corrected chi connectivity index (χ0v) is 87.2. The Morgan fingerprint density at radius 3 is 1.00 bits per heavy atom. The van der Waals surface area contributed by atoms with Gasteiger partial charge in [0, 0.05) is 131 Å². The van der Waals surface area contributed by atoms with Gasteiger partial charge in [0.1, 0.15) is 68.8 Å². The molecule has 145 heavy (non-hydrogen) atoms. The topological polar surface area (TPSA) is 380 Å². The molecule has 37 heteroatoms. The summed E-state index contributed by atoms with van der Waals surface area (Å²) in [6.45, 7) is 26.0. The zero-order chi connectivity index (χ0) is 107. The Bertz CT molecular complexity index is 7040. The number of nitrogens with one attached hydrogen (secondary N) is 12. The Hall–Kier alpha value is -14.5. The number of hydrogen-bond acceptors (Lipinski definition) is 22. The van der Waals surface area contributed by atoms with E-state index in [4.69, 9.17) is 102 Å². The van der Waals surface area contributed by atoms with Gasteiger partial charge in [0.2, 0.25) is 0 Å². The van der Waals surface area contributed by atoms with E-state index in [0.717, 1.165) is 79.0 Å². The Morgan fingerprint density at radius 2 is 0.641 bits per heavy atom. The van der Waals surface area contributed by atoms with Crippen molar-refractivity contribution in [1.29, 1.82) is 0 Å². The van der Waals surface area contributed by atoms with Gasteiger partial charge in [0.15, 0.2) is 23.1 Å². The van der Waals surface area contributed by atoms with Gasteiger partial charge in [-0.05, 0) is 282 Å². The second-order valence-corrected chi connectivity index (χ2v) is 36.4. The van der Waals surface area contributed by atoms with E-state index < -0.39 is 23.4 Å². The van der Waals surface area contributed by atoms with Crippen molar-refractivity contribution < 1.29 is 81.4 Å². The Morgan fingerprint density at radius 1 is 0.303 bits per heavy atom. The van der Waals surface area contributed by atoms with Crippen LogP contribution < -0.4 is 74.1 Å². The number of rotatable bonds is 34. The molecular weight excluding hydrogens is 2030 g/mol. The van der Waals surface area contributed by atoms with Crippen LogP contribution in [-0.2, 0) is 38.2 Å². The number of halogens is 11. The average Bonchev–Trinajstić information content (AvgIpc) is 0.815. The van der Waals surface area contributed by atoms with Crippen LogP contribution in [0, 0.1) is 62.3 Å². The normalized spacial score (nSPS) is 11.6. The van der Waals surface area contributed by atoms with Gasteiger partial charge >= 0.3 is 6.18 Å². The number of allylic oxidation sites excluding steroid dienone is 8. The van der Waals surface area contributed by atoms with Crippen molar-refractivity contribution in [2.75, 3.05) is 43.0 Å². The van der Waals surface area contributed by atoms with Crippen LogP contribution in [0.15, 0.2) is 264 Å². The maximum absolute atomic E-state index is 13.6. The van der Waals surface area contributed by atoms with Gasteiger partial charge in [-0.2, -0.15) is 13.2 Å². The van der Waals surface area contributed by atoms with Crippen LogP contribution in [0.1, 0.15) is 163 Å². The SMILES string of the molecule is CC(=O)/C(NNc1ccc(C(=O)Nc2cc(Oc3ccc(Cl)cc3)cc(C(F)(F)F)c2)cc1Cl)=C(/O)Cc1cc(Cl)c(C)cc1C.CC(=O)/C(NNc1ccc(C(=O)Nc2cccc(Cl)c2C)cc1Cl)=C(/O)Cc1cc(Cl)c(C)cc1C.CC/C(O)=C(/NNc1ccc(C(=O)Nc2cc(C)cc(Oc3ccc(C)cc3)c2)cc1Cl)C(C)=O.CC/C(O)=C(/NNc1ccc(C(=O)Nc2cccc(C)c2C)cc1Cl)C(C)=O. The third kappa shape index (κ3) is 33.3. The molecular formula is C108H105Cl8F3N12O14. The first-order chi connectivity index (χ1) is 68.5. The molecule has 0 fully saturated rings. The molecule has 0 aliphatic heterocycles. The first-order valence-corrected chi connectivity index (χ1v) is 47.6. The van der Waals surface area contributed by atoms with E-state index in [1.165, 1.54) is 94.4 Å². The minimum Gasteiger partial charge on any atom is -0.510 e. The monoisotopic (exact) mass is 2130 g/mol. The predicted molar refractivity (Wildman–Crippen MR) is 573 cm³/mol. The van der Waals surface area contributed by atoms with Crippen molar-refractivity contribution in [2.24, 2.45) is 0 Å². The summed E-state index contributed by atoms with van der Waals surface area (Å²) in [5.74, 6) is -2.30. The number of Topliss-reactive ketones (excluding diaryl/α,β-unsaturated/α-hetero) is 4. The van der Waals surface area contributed by atoms with Crippen LogP contribution in [0.2, 0.25) is 40.2 Å². The molecule has 0 aliphatic carbocycles. The van der Waals surface area contributed by atoms with Crippen LogP contribution in [0.5, 0.6) is 23.0 Å². The standard InChI is InChI=1S/C33H27Cl3F3N3O4.C27H26Cl3N3O3.C27H28ClN3O4.C21H24ClN3O3/c1-17-10-18(2)27(35)12-21(17)13-30(44)31(19(3)43)42-41-29-9-4-20(11-28(29)36)32(45)40-24-14-22(33(37,38)39)15-26(16-24)46-25-7-5-23(34)6-8-25;1-14-10-15(2)21(29)12-19(14)13-25(35)26(17(4)34)33-32-24-9-8-18(11-22(24)30)27(36)31-23-7-5-6-20(28)16(23)3;1-5-25(33)26(18(4)32)31-30-24-11-8-19(14-23(24)28)27(34)29-20-12-17(3)13-22(15-20)35-21-9-6-16(2)7-10-21;1-5-19(27)20(14(4)26)25-24-18-10-9-15(11-16(18)22)21(28)23-17-8-6-7-12(2)13(17)3/h4-12,14-16,41-42,44H,13H2,1-3H3,(H,40,45);5-12,32-33,35H,13H2,1-4H3,(H,31,36);6-15,30-31,33H,5H2,1-4H3,(H,29,34);6-11,24-25,27H,5H2,1-4H3,(H,23,28)/b31-30-;2*26-25-;20-19-. The van der Waals surface area contributed by atoms with E-state index in [1.54, 1.807) is 86.6 Å². The molecule has 12 rings (SSSR count). The number of carbonyl (C=O) groups excluding carboxylic acids is 8. The molecule has 12 aromatic carbocycles. The molecule has 12 aromatic rings. The van der Waals surface area contributed by atoms with E-state index >= 15 is 0 Å². The van der Waals surface area contributed by atoms with Crippen LogP contribution in [0.3, 0.4) is 0 Å². The molecule has 758 valence electrons. The van der Waals surface area contributed by atoms with Gasteiger partial charge in [0.25, 0.3) is 23.6 Å². The highest BCUT2D eigenvalue weighted by Crippen LogP contribution is 2.39. The first kappa shape index (κ1) is 114. The summed E-state index contributed by atoms with van der Waals surface area (Å²) in [7, 11) is 0. The van der Waals surface area contributed by atoms with Gasteiger partial charge in [-0.15, -0.1) is 0 Å². The van der Waals surface area contributed by atoms with Gasteiger partial charge < -0.3 is 51.2 Å². The van der Waals surface area contributed by atoms with Crippen molar-refractivity contribution in [3.8, 4) is 23.0 Å². The smallest absolute Gasteiger partial charge is 0.416 e. The second kappa shape index (κ2) is 52.6. The highest BCUT2D eigenvalue weighted by atomic mass is 35.5. The number of benzene rings is 12. The third-order valence-corrected chi connectivity index (χ3v) is 24.6. The van der Waals surface area contributed by atoms with E-state index in [2.05, 4.69) is 64.7 Å². The van der Waals surface area contributed by atoms with Crippen molar-refractivity contribution >= 4 is 185 Å². The molecule has 26 nitrogen and oxygen atoms in total. The number of amides is 4. The molecule has 16 N–H and O–H groups in total. The van der Waals surface area contributed by atoms with Gasteiger partial charge in [-0.3, -0.25) is 81.8 Å². The van der Waals surface area contributed by atoms with Crippen LogP contribution >= 0.6 is 92.8 Å². The second-order valence-electron chi connectivity index (χ2n) is 33.1. The maximum Gasteiger partial charge on any atom is 0.416 e. The molecule has 0 aliphatic rings. The van der Waals surface area contributed by atoms with Gasteiger partial charge in [-0.1, -0.05) is 155 Å². The quantitative estimate of drug-likeness (QED) is 0.0101. The number of aliphatic hydroxyl groups excluding tert-OH is 4. The van der Waals surface area contributed by atoms with Crippen LogP contribution in [-0.4, -0.2) is 67.2 Å². The molecule has 0 heterocycles. The number of alkyl halides is 3. The Kier molecular flexibility index (Phi) is 41.4. The molecule has 0 saturated carbocycles. The zero-order valence-electron chi connectivity index (χ0n) is 81.1. The Labute approximate surface area is 877 Å². The highest BCUT2D eigenvalue weighted by Gasteiger charge is 2.33. The fraction of sp³-hybridized carbons (Fsp3) is 0.185. The highest BCUT2D eigenvalue weighted by molar-refractivity contribution is 6.36. The molecule has 0 atom stereocenters. The van der Waals surface area contributed by atoms with E-state index in [1.807, 2.05) is 129 Å². The maximum atomic E-state index is 13.6. The number of ether oxygens (including phenoxy) is 2. The lowest BCUT2D eigenvalue weighted by Crippen LogP contribution is -2.27. The predicted octanol–water partition coefficient (Wildman–Crippen LogP) is 28.8. The molecule has 0 spiro atoms. The van der Waals surface area contributed by atoms with Crippen molar-refractivity contribution in [2.45, 2.75) is 136 Å². The fourth-order valence-electron chi connectivity index (χ4n) is 13.6. The van der Waals surface area contributed by atoms with Crippen molar-refractivity contribution in [3.63, 3.8) is 0 Å². The summed E-state index contributed by atoms with van der Waals surface area (Å²) in [6.07, 6.45) is -3.95. The molecule has 0 radical (unpaired) electrons. The molecule has 4 amide bonds. The van der Waals surface area contributed by atoms with Crippen LogP contribution in [0.25, 0.3) is 0 Å². The number of carbonyl (C=O) groups is 8. The van der Waals surface area contributed by atoms with Crippen molar-refractivity contribution in [1.82, 2.24) is 21.7 Å². The summed E-state index contributed by atoms with van der Waals surface area (Å²) < 4.78 is 52.4. The molecule has 0 bridgehead atoms. The number of hydrazine groups is 4. The third-order valence-electron chi connectivity index (χ3n) is 21.9. The lowest BCUT2D eigenvalue weighted by molar-refractivity contribution is -0.137. The largest absolute Gasteiger partial charge is 0.510 e. The van der Waals surface area contributed by atoms with Gasteiger partial charge in [-0.25, -0.2) is 0 Å². The summed E-state index contributed by atoms with van der Waals surface area (Å²) in [5, 5.41) is 55.0. The summed E-state index contributed by atoms with van der Waals surface area (Å²) in [4.78, 5) is 98.9. The Balaban J connectivity index is 0.000000218. The first-order valence-electron chi connectivity index (χ1n) is 44.6. The van der Waals surface area contributed by atoms with Crippen LogP contribution in [0.4, 0.5) is 58.7 Å². The van der Waals surface area contributed by atoms with Gasteiger partial charge in [0.05, 0.1) is 48.4 Å². The summed E-state index contributed by atoms with van der Waals surface area (Å²) in [5.41, 5.74) is 35.4.